The van der Waals surface area contributed by atoms with Gasteiger partial charge in [-0.3, -0.25) is 10.1 Å². The summed E-state index contributed by atoms with van der Waals surface area (Å²) in [6, 6.07) is 4.72. The van der Waals surface area contributed by atoms with Gasteiger partial charge in [-0.25, -0.2) is 4.98 Å². The van der Waals surface area contributed by atoms with E-state index in [1.54, 1.807) is 12.3 Å². The van der Waals surface area contributed by atoms with Crippen LogP contribution in [-0.2, 0) is 0 Å². The average molecular weight is 290 g/mol. The predicted molar refractivity (Wildman–Crippen MR) is 81.5 cm³/mol. The highest BCUT2D eigenvalue weighted by molar-refractivity contribution is 5.47. The van der Waals surface area contributed by atoms with E-state index in [1.807, 2.05) is 0 Å². The molecular formula is C15H22N4O2. The van der Waals surface area contributed by atoms with Gasteiger partial charge in [0.15, 0.2) is 0 Å². The third kappa shape index (κ3) is 3.00. The maximum Gasteiger partial charge on any atom is 0.274 e. The van der Waals surface area contributed by atoms with Crippen LogP contribution in [0.1, 0.15) is 39.0 Å². The molecule has 2 aliphatic rings. The van der Waals surface area contributed by atoms with E-state index < -0.39 is 0 Å². The molecule has 2 saturated heterocycles. The lowest BCUT2D eigenvalue weighted by molar-refractivity contribution is -0.384. The Bertz CT molecular complexity index is 510. The molecule has 2 aliphatic heterocycles. The predicted octanol–water partition coefficient (Wildman–Crippen LogP) is 2.49. The number of nitrogens with one attached hydrogen (secondary N) is 1. The maximum atomic E-state index is 11.0. The molecule has 6 heteroatoms. The van der Waals surface area contributed by atoms with Gasteiger partial charge in [-0.15, -0.1) is 0 Å². The summed E-state index contributed by atoms with van der Waals surface area (Å²) in [6.07, 6.45) is 7.30. The van der Waals surface area contributed by atoms with Gasteiger partial charge >= 0.3 is 0 Å². The van der Waals surface area contributed by atoms with Crippen LogP contribution >= 0.6 is 0 Å². The van der Waals surface area contributed by atoms with Crippen LogP contribution in [0.4, 0.5) is 11.5 Å². The molecule has 6 nitrogen and oxygen atoms in total. The standard InChI is InChI=1S/C15H22N4O2/c1-2-7-18(14-8-11-3-4-12(9-14)17-11)15-10-13(19(20)21)5-6-16-15/h5-6,10-12,14,17H,2-4,7-9H2,1H3. The Morgan fingerprint density at radius 3 is 2.76 bits per heavy atom. The zero-order valence-corrected chi connectivity index (χ0v) is 12.4. The van der Waals surface area contributed by atoms with Gasteiger partial charge in [-0.1, -0.05) is 6.92 Å². The van der Waals surface area contributed by atoms with Crippen molar-refractivity contribution in [3.05, 3.63) is 28.4 Å². The lowest BCUT2D eigenvalue weighted by Gasteiger charge is -2.38. The van der Waals surface area contributed by atoms with Crippen molar-refractivity contribution in [1.82, 2.24) is 10.3 Å². The van der Waals surface area contributed by atoms with E-state index in [0.717, 1.165) is 31.6 Å². The molecule has 0 radical (unpaired) electrons. The van der Waals surface area contributed by atoms with Crippen molar-refractivity contribution in [2.45, 2.75) is 57.2 Å². The van der Waals surface area contributed by atoms with Gasteiger partial charge in [0.05, 0.1) is 11.0 Å². The topological polar surface area (TPSA) is 71.3 Å². The van der Waals surface area contributed by atoms with E-state index >= 15 is 0 Å². The highest BCUT2D eigenvalue weighted by atomic mass is 16.6. The van der Waals surface area contributed by atoms with Crippen molar-refractivity contribution in [2.75, 3.05) is 11.4 Å². The molecule has 2 unspecified atom stereocenters. The number of hydrogen-bond donors (Lipinski definition) is 1. The second-order valence-corrected chi connectivity index (χ2v) is 6.09. The quantitative estimate of drug-likeness (QED) is 0.666. The van der Waals surface area contributed by atoms with Crippen molar-refractivity contribution < 1.29 is 4.92 Å². The highest BCUT2D eigenvalue weighted by Crippen LogP contribution is 2.32. The number of nitro groups is 1. The summed E-state index contributed by atoms with van der Waals surface area (Å²) >= 11 is 0. The van der Waals surface area contributed by atoms with E-state index in [9.17, 15) is 10.1 Å². The van der Waals surface area contributed by atoms with E-state index in [2.05, 4.69) is 22.1 Å². The summed E-state index contributed by atoms with van der Waals surface area (Å²) in [5.74, 6) is 0.748. The van der Waals surface area contributed by atoms with Gasteiger partial charge in [0.25, 0.3) is 5.69 Å². The first-order valence-electron chi connectivity index (χ1n) is 7.80. The van der Waals surface area contributed by atoms with Crippen LogP contribution in [0.15, 0.2) is 18.3 Å². The Kier molecular flexibility index (Phi) is 4.05. The van der Waals surface area contributed by atoms with Crippen molar-refractivity contribution in [3.8, 4) is 0 Å². The van der Waals surface area contributed by atoms with Gasteiger partial charge in [-0.05, 0) is 32.1 Å². The fourth-order valence-corrected chi connectivity index (χ4v) is 3.69. The van der Waals surface area contributed by atoms with E-state index in [-0.39, 0.29) is 10.6 Å². The van der Waals surface area contributed by atoms with E-state index in [4.69, 9.17) is 0 Å². The van der Waals surface area contributed by atoms with Crippen LogP contribution in [0.25, 0.3) is 0 Å². The van der Waals surface area contributed by atoms with E-state index in [0.29, 0.717) is 18.1 Å². The summed E-state index contributed by atoms with van der Waals surface area (Å²) in [5, 5.41) is 14.6. The largest absolute Gasteiger partial charge is 0.353 e. The SMILES string of the molecule is CCCN(c1cc([N+](=O)[O-])ccn1)C1CC2CCC(C1)N2. The third-order valence-electron chi connectivity index (χ3n) is 4.59. The minimum absolute atomic E-state index is 0.123. The van der Waals surface area contributed by atoms with Crippen molar-refractivity contribution in [2.24, 2.45) is 0 Å². The van der Waals surface area contributed by atoms with Gasteiger partial charge in [-0.2, -0.15) is 0 Å². The summed E-state index contributed by atoms with van der Waals surface area (Å²) in [6.45, 7) is 3.04. The van der Waals surface area contributed by atoms with Crippen LogP contribution in [0, 0.1) is 10.1 Å². The van der Waals surface area contributed by atoms with Gasteiger partial charge in [0, 0.05) is 36.9 Å². The second kappa shape index (κ2) is 5.97. The van der Waals surface area contributed by atoms with Crippen LogP contribution < -0.4 is 10.2 Å². The Hall–Kier alpha value is -1.69. The molecule has 2 bridgehead atoms. The monoisotopic (exact) mass is 290 g/mol. The first-order valence-corrected chi connectivity index (χ1v) is 7.80. The number of fused-ring (bicyclic) bond motifs is 2. The number of piperidine rings is 1. The third-order valence-corrected chi connectivity index (χ3v) is 4.59. The first kappa shape index (κ1) is 14.3. The van der Waals surface area contributed by atoms with Crippen molar-refractivity contribution in [3.63, 3.8) is 0 Å². The highest BCUT2D eigenvalue weighted by Gasteiger charge is 2.36. The van der Waals surface area contributed by atoms with Crippen LogP contribution in [0.3, 0.4) is 0 Å². The summed E-state index contributed by atoms with van der Waals surface area (Å²) in [7, 11) is 0. The molecule has 0 amide bonds. The van der Waals surface area contributed by atoms with Crippen LogP contribution in [0.2, 0.25) is 0 Å². The molecule has 21 heavy (non-hydrogen) atoms. The van der Waals surface area contributed by atoms with Gasteiger partial charge in [0.2, 0.25) is 0 Å². The molecular weight excluding hydrogens is 268 g/mol. The normalized spacial score (nSPS) is 27.6. The molecule has 0 aliphatic carbocycles. The molecule has 2 atom stereocenters. The summed E-state index contributed by atoms with van der Waals surface area (Å²) < 4.78 is 0. The fourth-order valence-electron chi connectivity index (χ4n) is 3.69. The Labute approximate surface area is 124 Å². The maximum absolute atomic E-state index is 11.0. The zero-order valence-electron chi connectivity index (χ0n) is 12.4. The lowest BCUT2D eigenvalue weighted by Crippen LogP contribution is -2.48. The minimum Gasteiger partial charge on any atom is -0.353 e. The molecule has 3 heterocycles. The summed E-state index contributed by atoms with van der Waals surface area (Å²) in [5.41, 5.74) is 0.123. The number of pyridine rings is 1. The van der Waals surface area contributed by atoms with Crippen LogP contribution in [-0.4, -0.2) is 34.6 Å². The number of hydrogen-bond acceptors (Lipinski definition) is 5. The molecule has 114 valence electrons. The zero-order chi connectivity index (χ0) is 14.8. The van der Waals surface area contributed by atoms with Crippen molar-refractivity contribution >= 4 is 11.5 Å². The van der Waals surface area contributed by atoms with Gasteiger partial charge in [0.1, 0.15) is 5.82 Å². The second-order valence-electron chi connectivity index (χ2n) is 6.09. The number of nitrogens with zero attached hydrogens (tertiary/aromatic N) is 3. The van der Waals surface area contributed by atoms with Crippen LogP contribution in [0.5, 0.6) is 0 Å². The molecule has 0 saturated carbocycles. The lowest BCUT2D eigenvalue weighted by atomic mass is 9.98. The molecule has 2 fully saturated rings. The van der Waals surface area contributed by atoms with E-state index in [1.165, 1.54) is 18.9 Å². The molecule has 0 spiro atoms. The minimum atomic E-state index is -0.346. The van der Waals surface area contributed by atoms with Gasteiger partial charge < -0.3 is 10.2 Å². The Morgan fingerprint density at radius 1 is 1.43 bits per heavy atom. The molecule has 1 aromatic rings. The summed E-state index contributed by atoms with van der Waals surface area (Å²) in [4.78, 5) is 17.3. The molecule has 1 aromatic heterocycles. The Morgan fingerprint density at radius 2 is 2.14 bits per heavy atom. The molecule has 0 aromatic carbocycles. The average Bonchev–Trinajstić information content (AvgIpc) is 2.83. The Balaban J connectivity index is 1.83. The number of anilines is 1. The fraction of sp³-hybridized carbons (Fsp3) is 0.667. The number of aromatic nitrogens is 1. The molecule has 3 rings (SSSR count). The first-order chi connectivity index (χ1) is 10.2. The molecule has 1 N–H and O–H groups in total. The number of rotatable bonds is 5. The smallest absolute Gasteiger partial charge is 0.274 e. The van der Waals surface area contributed by atoms with Crippen molar-refractivity contribution in [1.29, 1.82) is 0 Å².